The van der Waals surface area contributed by atoms with Crippen LogP contribution in [0, 0.1) is 0 Å². The summed E-state index contributed by atoms with van der Waals surface area (Å²) in [6.45, 7) is 4.75. The van der Waals surface area contributed by atoms with Gasteiger partial charge in [-0.25, -0.2) is 0 Å². The van der Waals surface area contributed by atoms with E-state index in [1.54, 1.807) is 0 Å². The summed E-state index contributed by atoms with van der Waals surface area (Å²) in [6.07, 6.45) is 0. The number of hydrogen-bond acceptors (Lipinski definition) is 3. The summed E-state index contributed by atoms with van der Waals surface area (Å²) in [5.41, 5.74) is 17.1. The van der Waals surface area contributed by atoms with Crippen molar-refractivity contribution in [3.8, 4) is 5.69 Å². The van der Waals surface area contributed by atoms with Crippen LogP contribution in [-0.4, -0.2) is 11.3 Å². The fourth-order valence-corrected chi connectivity index (χ4v) is 9.31. The number of para-hydroxylation sites is 5. The minimum Gasteiger partial charge on any atom is -0.452 e. The van der Waals surface area contributed by atoms with Gasteiger partial charge < -0.3 is 18.8 Å². The van der Waals surface area contributed by atoms with Crippen LogP contribution < -0.4 is 26.3 Å². The molecule has 0 saturated carbocycles. The third-order valence-electron chi connectivity index (χ3n) is 11.6. The molecule has 2 aromatic heterocycles. The van der Waals surface area contributed by atoms with Crippen LogP contribution in [0.2, 0.25) is 0 Å². The van der Waals surface area contributed by atoms with Gasteiger partial charge in [0.05, 0.1) is 0 Å². The van der Waals surface area contributed by atoms with E-state index in [2.05, 4.69) is 210 Å². The molecule has 4 heterocycles. The maximum atomic E-state index is 6.97. The van der Waals surface area contributed by atoms with Gasteiger partial charge in [-0.2, -0.15) is 0 Å². The fourth-order valence-electron chi connectivity index (χ4n) is 9.31. The van der Waals surface area contributed by atoms with Gasteiger partial charge in [0, 0.05) is 50.5 Å². The third kappa shape index (κ3) is 4.33. The maximum Gasteiger partial charge on any atom is 0.269 e. The van der Waals surface area contributed by atoms with E-state index in [0.29, 0.717) is 0 Å². The standard InChI is InChI=1S/C49H36BN3O/c1-49(2)39-27-17-28-42-44(39)50(41-31-30-37(32-40(41)49)51(33-18-7-3-8-19-33)34-20-9-4-10-21-34)48-46(52(42)35-22-11-5-12-23-35)47-45(38-26-15-16-29-43(38)54-47)53(48)36-24-13-6-14-25-36/h3-32H,1-2H3. The van der Waals surface area contributed by atoms with Crippen LogP contribution in [0.1, 0.15) is 25.0 Å². The maximum absolute atomic E-state index is 6.97. The van der Waals surface area contributed by atoms with E-state index in [1.165, 1.54) is 33.3 Å². The molecule has 54 heavy (non-hydrogen) atoms. The summed E-state index contributed by atoms with van der Waals surface area (Å²) in [6, 6.07) is 65.5. The highest BCUT2D eigenvalue weighted by Gasteiger charge is 2.49. The molecule has 0 atom stereocenters. The second-order valence-electron chi connectivity index (χ2n) is 14.9. The molecule has 11 rings (SSSR count). The lowest BCUT2D eigenvalue weighted by Crippen LogP contribution is -2.65. The summed E-state index contributed by atoms with van der Waals surface area (Å²) in [5, 5.41) is 1.11. The number of fused-ring (bicyclic) bond motifs is 8. The highest BCUT2D eigenvalue weighted by molar-refractivity contribution is 6.99. The zero-order chi connectivity index (χ0) is 36.0. The van der Waals surface area contributed by atoms with Gasteiger partial charge >= 0.3 is 0 Å². The van der Waals surface area contributed by atoms with E-state index in [9.17, 15) is 0 Å². The highest BCUT2D eigenvalue weighted by Crippen LogP contribution is 2.48. The van der Waals surface area contributed by atoms with E-state index >= 15 is 0 Å². The normalized spacial score (nSPS) is 13.8. The Morgan fingerprint density at radius 2 is 1.17 bits per heavy atom. The third-order valence-corrected chi connectivity index (χ3v) is 11.6. The van der Waals surface area contributed by atoms with E-state index in [1.807, 2.05) is 0 Å². The molecular formula is C49H36BN3O. The number of nitrogens with zero attached hydrogens (tertiary/aromatic N) is 3. The summed E-state index contributed by atoms with van der Waals surface area (Å²) in [7, 11) is 0. The molecule has 0 saturated heterocycles. The zero-order valence-corrected chi connectivity index (χ0v) is 30.1. The SMILES string of the molecule is CC1(C)c2cc(N(c3ccccc3)c3ccccc3)ccc2B2c3c(cccc31)N(c1ccccc1)c1c2n(-c2ccccc2)c2c1oc1ccccc12. The van der Waals surface area contributed by atoms with Crippen molar-refractivity contribution in [2.75, 3.05) is 9.80 Å². The lowest BCUT2D eigenvalue weighted by molar-refractivity contribution is 0.646. The van der Waals surface area contributed by atoms with Crippen molar-refractivity contribution in [2.24, 2.45) is 0 Å². The van der Waals surface area contributed by atoms with Crippen molar-refractivity contribution in [3.63, 3.8) is 0 Å². The molecule has 0 aliphatic carbocycles. The van der Waals surface area contributed by atoms with Gasteiger partial charge in [0.15, 0.2) is 5.58 Å². The first-order valence-electron chi connectivity index (χ1n) is 18.7. The molecule has 0 bridgehead atoms. The number of aromatic nitrogens is 1. The Bertz CT molecular complexity index is 2820. The van der Waals surface area contributed by atoms with Crippen LogP contribution >= 0.6 is 0 Å². The molecule has 0 amide bonds. The first kappa shape index (κ1) is 30.9. The van der Waals surface area contributed by atoms with Crippen molar-refractivity contribution in [1.82, 2.24) is 4.57 Å². The monoisotopic (exact) mass is 693 g/mol. The predicted molar refractivity (Wildman–Crippen MR) is 226 cm³/mol. The second kappa shape index (κ2) is 11.6. The van der Waals surface area contributed by atoms with Gasteiger partial charge in [-0.3, -0.25) is 0 Å². The average molecular weight is 694 g/mol. The molecule has 2 aliphatic heterocycles. The lowest BCUT2D eigenvalue weighted by atomic mass is 9.31. The Morgan fingerprint density at radius 1 is 0.556 bits per heavy atom. The van der Waals surface area contributed by atoms with Crippen molar-refractivity contribution < 1.29 is 4.42 Å². The lowest BCUT2D eigenvalue weighted by Gasteiger charge is -2.45. The number of furan rings is 1. The van der Waals surface area contributed by atoms with E-state index in [-0.39, 0.29) is 12.1 Å². The molecule has 4 nitrogen and oxygen atoms in total. The van der Waals surface area contributed by atoms with Gasteiger partial charge in [-0.1, -0.05) is 122 Å². The van der Waals surface area contributed by atoms with Crippen LogP contribution in [0.25, 0.3) is 27.8 Å². The molecule has 7 aromatic carbocycles. The quantitative estimate of drug-likeness (QED) is 0.168. The topological polar surface area (TPSA) is 24.6 Å². The smallest absolute Gasteiger partial charge is 0.269 e. The molecule has 0 unspecified atom stereocenters. The Labute approximate surface area is 315 Å². The number of anilines is 6. The molecular weight excluding hydrogens is 657 g/mol. The highest BCUT2D eigenvalue weighted by atomic mass is 16.3. The van der Waals surface area contributed by atoms with E-state index in [0.717, 1.165) is 56.2 Å². The molecule has 9 aromatic rings. The Hall–Kier alpha value is -6.72. The molecule has 0 spiro atoms. The minimum absolute atomic E-state index is 0.0493. The Kier molecular flexibility index (Phi) is 6.66. The van der Waals surface area contributed by atoms with Gasteiger partial charge in [0.1, 0.15) is 16.8 Å². The predicted octanol–water partition coefficient (Wildman–Crippen LogP) is 10.8. The molecule has 0 radical (unpaired) electrons. The van der Waals surface area contributed by atoms with Gasteiger partial charge in [0.25, 0.3) is 6.71 Å². The van der Waals surface area contributed by atoms with Gasteiger partial charge in [0.2, 0.25) is 0 Å². The largest absolute Gasteiger partial charge is 0.452 e. The number of rotatable bonds is 5. The second-order valence-corrected chi connectivity index (χ2v) is 14.9. The first-order chi connectivity index (χ1) is 26.6. The Balaban J connectivity index is 1.25. The Morgan fingerprint density at radius 3 is 1.85 bits per heavy atom. The molecule has 256 valence electrons. The van der Waals surface area contributed by atoms with Crippen LogP contribution in [-0.2, 0) is 5.41 Å². The number of benzene rings is 7. The van der Waals surface area contributed by atoms with Crippen molar-refractivity contribution in [1.29, 1.82) is 0 Å². The molecule has 0 fully saturated rings. The van der Waals surface area contributed by atoms with Crippen LogP contribution in [0.5, 0.6) is 0 Å². The van der Waals surface area contributed by atoms with Crippen LogP contribution in [0.3, 0.4) is 0 Å². The summed E-state index contributed by atoms with van der Waals surface area (Å²) in [4.78, 5) is 4.83. The molecule has 0 N–H and O–H groups in total. The van der Waals surface area contributed by atoms with E-state index in [4.69, 9.17) is 4.42 Å². The minimum atomic E-state index is -0.290. The number of hydrogen-bond donors (Lipinski definition) is 0. The summed E-state index contributed by atoms with van der Waals surface area (Å²) >= 11 is 0. The average Bonchev–Trinajstić information content (AvgIpc) is 3.76. The van der Waals surface area contributed by atoms with Crippen LogP contribution in [0.4, 0.5) is 34.1 Å². The summed E-state index contributed by atoms with van der Waals surface area (Å²) in [5.74, 6) is 0. The summed E-state index contributed by atoms with van der Waals surface area (Å²) < 4.78 is 9.46. The van der Waals surface area contributed by atoms with Crippen LogP contribution in [0.15, 0.2) is 186 Å². The molecule has 5 heteroatoms. The van der Waals surface area contributed by atoms with Crippen molar-refractivity contribution in [3.05, 3.63) is 193 Å². The van der Waals surface area contributed by atoms with Crippen molar-refractivity contribution in [2.45, 2.75) is 19.3 Å². The molecule has 2 aliphatic rings. The zero-order valence-electron chi connectivity index (χ0n) is 30.1. The van der Waals surface area contributed by atoms with E-state index < -0.39 is 0 Å². The van der Waals surface area contributed by atoms with Gasteiger partial charge in [-0.15, -0.1) is 0 Å². The van der Waals surface area contributed by atoms with Gasteiger partial charge in [-0.05, 0) is 95.5 Å². The first-order valence-corrected chi connectivity index (χ1v) is 18.7. The van der Waals surface area contributed by atoms with Crippen molar-refractivity contribution >= 4 is 79.4 Å². The fraction of sp³-hybridized carbons (Fsp3) is 0.0612.